The molecule has 1 rings (SSSR count). The molecule has 100 valence electrons. The van der Waals surface area contributed by atoms with Crippen LogP contribution in [0.1, 0.15) is 17.3 Å². The molecule has 0 spiro atoms. The summed E-state index contributed by atoms with van der Waals surface area (Å²) in [7, 11) is 2.58. The molecule has 18 heavy (non-hydrogen) atoms. The largest absolute Gasteiger partial charge is 0.482 e. The first kappa shape index (κ1) is 14.4. The summed E-state index contributed by atoms with van der Waals surface area (Å²) in [5.74, 6) is -3.27. The van der Waals surface area contributed by atoms with Gasteiger partial charge in [-0.05, 0) is 19.1 Å². The van der Waals surface area contributed by atoms with Gasteiger partial charge in [-0.1, -0.05) is 0 Å². The van der Waals surface area contributed by atoms with Crippen LogP contribution in [0, 0.1) is 11.6 Å². The summed E-state index contributed by atoms with van der Waals surface area (Å²) in [5, 5.41) is 0. The third-order valence-corrected chi connectivity index (χ3v) is 2.14. The van der Waals surface area contributed by atoms with Gasteiger partial charge in [-0.15, -0.1) is 0 Å². The highest BCUT2D eigenvalue weighted by Crippen LogP contribution is 2.24. The van der Waals surface area contributed by atoms with E-state index in [9.17, 15) is 13.6 Å². The summed E-state index contributed by atoms with van der Waals surface area (Å²) in [4.78, 5) is 11.1. The fourth-order valence-electron chi connectivity index (χ4n) is 1.38. The lowest BCUT2D eigenvalue weighted by atomic mass is 10.2. The fraction of sp³-hybridized carbons (Fsp3) is 0.417. The number of methoxy groups -OCH3 is 2. The minimum Gasteiger partial charge on any atom is -0.482 e. The van der Waals surface area contributed by atoms with Crippen molar-refractivity contribution in [1.82, 2.24) is 0 Å². The van der Waals surface area contributed by atoms with Gasteiger partial charge in [0.2, 0.25) is 0 Å². The van der Waals surface area contributed by atoms with E-state index in [1.165, 1.54) is 7.11 Å². The van der Waals surface area contributed by atoms with Gasteiger partial charge in [0.05, 0.1) is 19.3 Å². The third-order valence-electron chi connectivity index (χ3n) is 2.14. The van der Waals surface area contributed by atoms with Gasteiger partial charge in [0, 0.05) is 7.11 Å². The zero-order valence-electron chi connectivity index (χ0n) is 10.3. The second kappa shape index (κ2) is 6.30. The van der Waals surface area contributed by atoms with Gasteiger partial charge in [-0.3, -0.25) is 0 Å². The molecule has 0 aromatic heterocycles. The van der Waals surface area contributed by atoms with Gasteiger partial charge in [-0.25, -0.2) is 13.6 Å². The number of hydrogen-bond acceptors (Lipinski definition) is 4. The van der Waals surface area contributed by atoms with Crippen LogP contribution in [0.3, 0.4) is 0 Å². The molecule has 0 radical (unpaired) electrons. The minimum absolute atomic E-state index is 0.192. The summed E-state index contributed by atoms with van der Waals surface area (Å²) in [6, 6.07) is 1.73. The molecule has 0 saturated heterocycles. The highest BCUT2D eigenvalue weighted by Gasteiger charge is 2.18. The Balaban J connectivity index is 2.97. The van der Waals surface area contributed by atoms with Crippen molar-refractivity contribution in [2.24, 2.45) is 0 Å². The van der Waals surface area contributed by atoms with E-state index in [4.69, 9.17) is 9.47 Å². The molecule has 0 bridgehead atoms. The van der Waals surface area contributed by atoms with Crippen LogP contribution < -0.4 is 4.74 Å². The lowest BCUT2D eigenvalue weighted by molar-refractivity contribution is 0.0598. The van der Waals surface area contributed by atoms with Gasteiger partial charge in [-0.2, -0.15) is 0 Å². The van der Waals surface area contributed by atoms with E-state index in [-0.39, 0.29) is 12.2 Å². The highest BCUT2D eigenvalue weighted by atomic mass is 19.1. The molecule has 1 atom stereocenters. The van der Waals surface area contributed by atoms with Crippen LogP contribution in [0.2, 0.25) is 0 Å². The van der Waals surface area contributed by atoms with Crippen molar-refractivity contribution < 1.29 is 27.8 Å². The molecule has 0 amide bonds. The number of ether oxygens (including phenoxy) is 3. The standard InChI is InChI=1S/C12H14F2O4/c1-7(6-16-2)18-11-9(13)4-8(5-10(11)14)12(15)17-3/h4-5,7H,6H2,1-3H3/t7-/m1/s1. The Hall–Kier alpha value is -1.69. The van der Waals surface area contributed by atoms with E-state index in [2.05, 4.69) is 4.74 Å². The van der Waals surface area contributed by atoms with Crippen molar-refractivity contribution in [3.8, 4) is 5.75 Å². The van der Waals surface area contributed by atoms with Crippen LogP contribution >= 0.6 is 0 Å². The van der Waals surface area contributed by atoms with Crippen LogP contribution in [0.4, 0.5) is 8.78 Å². The molecule has 0 heterocycles. The fourth-order valence-corrected chi connectivity index (χ4v) is 1.38. The Morgan fingerprint density at radius 3 is 2.28 bits per heavy atom. The second-order valence-electron chi connectivity index (χ2n) is 3.64. The van der Waals surface area contributed by atoms with Crippen molar-refractivity contribution in [2.75, 3.05) is 20.8 Å². The number of carbonyl (C=O) groups excluding carboxylic acids is 1. The zero-order valence-corrected chi connectivity index (χ0v) is 10.3. The van der Waals surface area contributed by atoms with Gasteiger partial charge >= 0.3 is 5.97 Å². The van der Waals surface area contributed by atoms with Gasteiger partial charge in [0.25, 0.3) is 0 Å². The van der Waals surface area contributed by atoms with E-state index in [1.54, 1.807) is 6.92 Å². The first-order valence-electron chi connectivity index (χ1n) is 5.22. The van der Waals surface area contributed by atoms with Crippen LogP contribution in [0.15, 0.2) is 12.1 Å². The van der Waals surface area contributed by atoms with Crippen LogP contribution in [0.25, 0.3) is 0 Å². The van der Waals surface area contributed by atoms with Crippen molar-refractivity contribution in [2.45, 2.75) is 13.0 Å². The quantitative estimate of drug-likeness (QED) is 0.761. The molecule has 0 saturated carbocycles. The highest BCUT2D eigenvalue weighted by molar-refractivity contribution is 5.89. The van der Waals surface area contributed by atoms with Gasteiger partial charge in [0.1, 0.15) is 6.10 Å². The van der Waals surface area contributed by atoms with Crippen LogP contribution in [-0.4, -0.2) is 32.9 Å². The maximum Gasteiger partial charge on any atom is 0.338 e. The third kappa shape index (κ3) is 3.40. The minimum atomic E-state index is -0.960. The molecule has 6 heteroatoms. The smallest absolute Gasteiger partial charge is 0.338 e. The summed E-state index contributed by atoms with van der Waals surface area (Å²) >= 11 is 0. The second-order valence-corrected chi connectivity index (χ2v) is 3.64. The lowest BCUT2D eigenvalue weighted by Gasteiger charge is -2.15. The predicted molar refractivity (Wildman–Crippen MR) is 59.7 cm³/mol. The number of carbonyl (C=O) groups is 1. The number of hydrogen-bond donors (Lipinski definition) is 0. The van der Waals surface area contributed by atoms with Crippen molar-refractivity contribution in [3.05, 3.63) is 29.3 Å². The number of esters is 1. The summed E-state index contributed by atoms with van der Waals surface area (Å²) < 4.78 is 41.4. The average molecular weight is 260 g/mol. The monoisotopic (exact) mass is 260 g/mol. The van der Waals surface area contributed by atoms with E-state index in [0.717, 1.165) is 19.2 Å². The van der Waals surface area contributed by atoms with Gasteiger partial charge < -0.3 is 14.2 Å². The Kier molecular flexibility index (Phi) is 5.03. The molecule has 0 N–H and O–H groups in total. The normalized spacial score (nSPS) is 12.1. The Labute approximate surface area is 103 Å². The number of rotatable bonds is 5. The molecule has 0 unspecified atom stereocenters. The summed E-state index contributed by atoms with van der Waals surface area (Å²) in [6.07, 6.45) is -0.511. The first-order valence-corrected chi connectivity index (χ1v) is 5.22. The molecule has 0 aliphatic carbocycles. The van der Waals surface area contributed by atoms with E-state index >= 15 is 0 Å². The summed E-state index contributed by atoms with van der Waals surface area (Å²) in [5.41, 5.74) is -0.209. The molecule has 0 aliphatic rings. The van der Waals surface area contributed by atoms with Gasteiger partial charge in [0.15, 0.2) is 17.4 Å². The Morgan fingerprint density at radius 1 is 1.28 bits per heavy atom. The maximum absolute atomic E-state index is 13.6. The summed E-state index contributed by atoms with van der Waals surface area (Å²) in [6.45, 7) is 1.80. The molecule has 0 aliphatic heterocycles. The first-order chi connectivity index (χ1) is 8.49. The van der Waals surface area contributed by atoms with Crippen LogP contribution in [-0.2, 0) is 9.47 Å². The molecular formula is C12H14F2O4. The van der Waals surface area contributed by atoms with Crippen molar-refractivity contribution >= 4 is 5.97 Å². The van der Waals surface area contributed by atoms with E-state index in [0.29, 0.717) is 0 Å². The zero-order chi connectivity index (χ0) is 13.7. The van der Waals surface area contributed by atoms with Crippen molar-refractivity contribution in [3.63, 3.8) is 0 Å². The SMILES string of the molecule is COC[C@@H](C)Oc1c(F)cc(C(=O)OC)cc1F. The molecule has 1 aromatic carbocycles. The Morgan fingerprint density at radius 2 is 1.83 bits per heavy atom. The predicted octanol–water partition coefficient (Wildman–Crippen LogP) is 2.17. The van der Waals surface area contributed by atoms with Crippen LogP contribution in [0.5, 0.6) is 5.75 Å². The lowest BCUT2D eigenvalue weighted by Crippen LogP contribution is -2.19. The molecule has 1 aromatic rings. The molecule has 4 nitrogen and oxygen atoms in total. The number of halogens is 2. The van der Waals surface area contributed by atoms with Crippen molar-refractivity contribution in [1.29, 1.82) is 0 Å². The maximum atomic E-state index is 13.6. The number of benzene rings is 1. The topological polar surface area (TPSA) is 44.8 Å². The Bertz CT molecular complexity index is 411. The molecular weight excluding hydrogens is 246 g/mol. The molecule has 0 fully saturated rings. The average Bonchev–Trinajstić information content (AvgIpc) is 2.32. The van der Waals surface area contributed by atoms with E-state index < -0.39 is 29.5 Å². The van der Waals surface area contributed by atoms with E-state index in [1.807, 2.05) is 0 Å².